The molecule has 2 rings (SSSR count). The molecule has 0 aliphatic carbocycles. The minimum absolute atomic E-state index is 0.146. The van der Waals surface area contributed by atoms with E-state index in [-0.39, 0.29) is 24.0 Å². The first-order chi connectivity index (χ1) is 13.4. The second kappa shape index (κ2) is 9.75. The number of hydrogen-bond donors (Lipinski definition) is 0. The fourth-order valence-electron chi connectivity index (χ4n) is 2.52. The van der Waals surface area contributed by atoms with Crippen molar-refractivity contribution in [3.05, 3.63) is 92.6 Å². The van der Waals surface area contributed by atoms with Crippen molar-refractivity contribution in [1.82, 2.24) is 0 Å². The molecule has 0 N–H and O–H groups in total. The number of rotatable bonds is 7. The molecule has 0 atom stereocenters. The van der Waals surface area contributed by atoms with E-state index < -0.39 is 22.6 Å². The summed E-state index contributed by atoms with van der Waals surface area (Å²) in [6.07, 6.45) is 2.55. The van der Waals surface area contributed by atoms with E-state index in [0.717, 1.165) is 0 Å². The summed E-state index contributed by atoms with van der Waals surface area (Å²) in [5, 5.41) is 30.0. The third kappa shape index (κ3) is 6.15. The molecule has 0 aliphatic heterocycles. The van der Waals surface area contributed by atoms with Crippen LogP contribution in [0.25, 0.3) is 12.2 Å². The van der Waals surface area contributed by atoms with E-state index in [1.165, 1.54) is 60.7 Å². The van der Waals surface area contributed by atoms with Crippen LogP contribution in [0.2, 0.25) is 0 Å². The summed E-state index contributed by atoms with van der Waals surface area (Å²) in [6, 6.07) is 13.4. The molecule has 0 fully saturated rings. The molecule has 7 heteroatoms. The summed E-state index contributed by atoms with van der Waals surface area (Å²) in [4.78, 5) is 10.9. The smallest absolute Gasteiger partial charge is 0.222 e. The topological polar surface area (TPSA) is 90.7 Å². The average molecular weight is 379 g/mol. The maximum atomic E-state index is 13.0. The molecular weight excluding hydrogens is 364 g/mol. The van der Waals surface area contributed by atoms with E-state index in [2.05, 4.69) is 0 Å². The number of halogens is 2. The molecule has 0 saturated heterocycles. The zero-order valence-corrected chi connectivity index (χ0v) is 14.7. The van der Waals surface area contributed by atoms with Crippen molar-refractivity contribution < 1.29 is 13.7 Å². The molecule has 2 aromatic carbocycles. The van der Waals surface area contributed by atoms with E-state index >= 15 is 0 Å². The maximum Gasteiger partial charge on any atom is 0.222 e. The standard InChI is InChI=1S/C21H15F2N3O2/c22-19-5-1-15(2-6-19)9-17(13-24)11-21(26(27)28)12-18(14-25)10-16-3-7-20(23)8-4-16/h1-10,21H,11-12H2/b17-9-,18-10-. The Bertz CT molecular complexity index is 907. The van der Waals surface area contributed by atoms with Gasteiger partial charge >= 0.3 is 0 Å². The summed E-state index contributed by atoms with van der Waals surface area (Å²) in [5.74, 6) is -0.855. The van der Waals surface area contributed by atoms with Crippen molar-refractivity contribution in [2.45, 2.75) is 18.9 Å². The molecule has 0 heterocycles. The van der Waals surface area contributed by atoms with Gasteiger partial charge in [0.25, 0.3) is 0 Å². The molecule has 0 bridgehead atoms. The largest absolute Gasteiger partial charge is 0.264 e. The quantitative estimate of drug-likeness (QED) is 0.388. The summed E-state index contributed by atoms with van der Waals surface area (Å²) >= 11 is 0. The predicted octanol–water partition coefficient (Wildman–Crippen LogP) is 4.90. The third-order valence-electron chi connectivity index (χ3n) is 3.92. The Morgan fingerprint density at radius 2 is 1.25 bits per heavy atom. The van der Waals surface area contributed by atoms with Gasteiger partial charge in [0.2, 0.25) is 6.04 Å². The first kappa shape index (κ1) is 20.5. The molecule has 2 aromatic rings. The van der Waals surface area contributed by atoms with Crippen LogP contribution >= 0.6 is 0 Å². The van der Waals surface area contributed by atoms with Crippen LogP contribution in [0.5, 0.6) is 0 Å². The fraction of sp³-hybridized carbons (Fsp3) is 0.143. The van der Waals surface area contributed by atoms with Crippen LogP contribution in [0.15, 0.2) is 59.7 Å². The molecule has 0 saturated carbocycles. The maximum absolute atomic E-state index is 13.0. The van der Waals surface area contributed by atoms with Crippen LogP contribution < -0.4 is 0 Å². The third-order valence-corrected chi connectivity index (χ3v) is 3.92. The summed E-state index contributed by atoms with van der Waals surface area (Å²) in [6.45, 7) is 0. The van der Waals surface area contributed by atoms with E-state index in [1.807, 2.05) is 12.1 Å². The van der Waals surface area contributed by atoms with Crippen LogP contribution in [0.1, 0.15) is 24.0 Å². The Hall–Kier alpha value is -3.84. The number of nitrogens with zero attached hydrogens (tertiary/aromatic N) is 3. The molecule has 0 radical (unpaired) electrons. The van der Waals surface area contributed by atoms with Crippen LogP contribution in [-0.2, 0) is 0 Å². The minimum Gasteiger partial charge on any atom is -0.264 e. The van der Waals surface area contributed by atoms with Crippen molar-refractivity contribution in [2.24, 2.45) is 0 Å². The number of benzene rings is 2. The lowest BCUT2D eigenvalue weighted by Gasteiger charge is -2.08. The van der Waals surface area contributed by atoms with Crippen molar-refractivity contribution >= 4 is 12.2 Å². The minimum atomic E-state index is -1.18. The Morgan fingerprint density at radius 1 is 0.893 bits per heavy atom. The molecule has 5 nitrogen and oxygen atoms in total. The number of hydrogen-bond acceptors (Lipinski definition) is 4. The van der Waals surface area contributed by atoms with Gasteiger partial charge in [0.05, 0.1) is 25.0 Å². The first-order valence-electron chi connectivity index (χ1n) is 8.27. The second-order valence-electron chi connectivity index (χ2n) is 6.01. The number of nitro groups is 1. The lowest BCUT2D eigenvalue weighted by atomic mass is 9.98. The summed E-state index contributed by atoms with van der Waals surface area (Å²) < 4.78 is 25.9. The monoisotopic (exact) mass is 379 g/mol. The van der Waals surface area contributed by atoms with Crippen LogP contribution in [-0.4, -0.2) is 11.0 Å². The highest BCUT2D eigenvalue weighted by Gasteiger charge is 2.24. The van der Waals surface area contributed by atoms with Crippen LogP contribution in [0, 0.1) is 44.4 Å². The Labute approximate surface area is 160 Å². The summed E-state index contributed by atoms with van der Waals surface area (Å²) in [5.41, 5.74) is 1.38. The molecule has 140 valence electrons. The van der Waals surface area contributed by atoms with E-state index in [9.17, 15) is 29.4 Å². The van der Waals surface area contributed by atoms with Gasteiger partial charge in [-0.2, -0.15) is 10.5 Å². The number of nitriles is 2. The van der Waals surface area contributed by atoms with Gasteiger partial charge in [0.1, 0.15) is 11.6 Å². The molecule has 0 aliphatic rings. The lowest BCUT2D eigenvalue weighted by molar-refractivity contribution is -0.521. The van der Waals surface area contributed by atoms with Gasteiger partial charge in [-0.3, -0.25) is 10.1 Å². The molecule has 0 amide bonds. The van der Waals surface area contributed by atoms with Crippen LogP contribution in [0.3, 0.4) is 0 Å². The fourth-order valence-corrected chi connectivity index (χ4v) is 2.52. The van der Waals surface area contributed by atoms with E-state index in [1.54, 1.807) is 0 Å². The molecule has 28 heavy (non-hydrogen) atoms. The van der Waals surface area contributed by atoms with Crippen molar-refractivity contribution in [2.75, 3.05) is 0 Å². The van der Waals surface area contributed by atoms with Crippen molar-refractivity contribution in [3.8, 4) is 12.1 Å². The predicted molar refractivity (Wildman–Crippen MR) is 100.0 cm³/mol. The van der Waals surface area contributed by atoms with Gasteiger partial charge in [-0.1, -0.05) is 24.3 Å². The van der Waals surface area contributed by atoms with Gasteiger partial charge in [-0.15, -0.1) is 0 Å². The highest BCUT2D eigenvalue weighted by Crippen LogP contribution is 2.20. The van der Waals surface area contributed by atoms with Crippen LogP contribution in [0.4, 0.5) is 8.78 Å². The van der Waals surface area contributed by atoms with Crippen molar-refractivity contribution in [1.29, 1.82) is 10.5 Å². The first-order valence-corrected chi connectivity index (χ1v) is 8.27. The van der Waals surface area contributed by atoms with Gasteiger partial charge in [-0.05, 0) is 47.5 Å². The van der Waals surface area contributed by atoms with Crippen molar-refractivity contribution in [3.63, 3.8) is 0 Å². The average Bonchev–Trinajstić information content (AvgIpc) is 2.69. The normalized spacial score (nSPS) is 12.7. The second-order valence-corrected chi connectivity index (χ2v) is 6.01. The van der Waals surface area contributed by atoms with E-state index in [0.29, 0.717) is 11.1 Å². The molecule has 0 spiro atoms. The zero-order valence-electron chi connectivity index (χ0n) is 14.7. The van der Waals surface area contributed by atoms with Gasteiger partial charge in [0, 0.05) is 16.1 Å². The summed E-state index contributed by atoms with van der Waals surface area (Å²) in [7, 11) is 0. The van der Waals surface area contributed by atoms with Gasteiger partial charge in [0.15, 0.2) is 0 Å². The SMILES string of the molecule is N#C/C(=C\c1ccc(F)cc1)CC(C/C(C#N)=C/c1ccc(F)cc1)[N+](=O)[O-]. The van der Waals surface area contributed by atoms with Gasteiger partial charge in [-0.25, -0.2) is 8.78 Å². The van der Waals surface area contributed by atoms with Gasteiger partial charge < -0.3 is 0 Å². The molecule has 0 aromatic heterocycles. The highest BCUT2D eigenvalue weighted by atomic mass is 19.1. The molecular formula is C21H15F2N3O2. The highest BCUT2D eigenvalue weighted by molar-refractivity contribution is 5.58. The van der Waals surface area contributed by atoms with E-state index in [4.69, 9.17) is 0 Å². The zero-order chi connectivity index (χ0) is 20.5. The Kier molecular flexibility index (Phi) is 7.13. The molecule has 0 unspecified atom stereocenters. The lowest BCUT2D eigenvalue weighted by Crippen LogP contribution is -2.20. The Morgan fingerprint density at radius 3 is 1.54 bits per heavy atom. The Balaban J connectivity index is 2.20.